The number of likely N-dealkylation sites (tertiary alicyclic amines) is 1. The van der Waals surface area contributed by atoms with Crippen LogP contribution in [0.4, 0.5) is 14.9 Å². The van der Waals surface area contributed by atoms with Crippen LogP contribution in [0.3, 0.4) is 0 Å². The molecule has 11 heteroatoms. The normalized spacial score (nSPS) is 16.7. The first-order chi connectivity index (χ1) is 20.8. The van der Waals surface area contributed by atoms with Gasteiger partial charge in [-0.3, -0.25) is 10.1 Å². The number of ether oxygens (including phenoxy) is 1. The summed E-state index contributed by atoms with van der Waals surface area (Å²) < 4.78 is 21.7. The molecule has 1 unspecified atom stereocenters. The van der Waals surface area contributed by atoms with E-state index in [1.165, 1.54) is 12.1 Å². The summed E-state index contributed by atoms with van der Waals surface area (Å²) in [6.45, 7) is 2.26. The first-order valence-corrected chi connectivity index (χ1v) is 14.9. The molecule has 2 aliphatic heterocycles. The molecule has 43 heavy (non-hydrogen) atoms. The molecule has 1 saturated heterocycles. The number of fused-ring (bicyclic) bond motifs is 2. The first-order valence-electron chi connectivity index (χ1n) is 14.1. The standard InChI is InChI=1S/C32H30Cl2FN5O3/c33-27-8-4-22(18-28(27)34)25(30(41)36-20-21-2-6-24(7-3-21)40-14-1-13-37-40)10-15-39-16-11-32(12-17-39)26-19-23(35)5-9-29(26)38-31(42)43-32/h1-9,13-14,18-19,25H,10-12,15-17,20H2,(H,36,41)(H,38,42). The molecule has 222 valence electrons. The van der Waals surface area contributed by atoms with E-state index in [0.29, 0.717) is 66.7 Å². The fourth-order valence-electron chi connectivity index (χ4n) is 5.87. The number of anilines is 1. The van der Waals surface area contributed by atoms with Crippen molar-refractivity contribution in [3.63, 3.8) is 0 Å². The Bertz CT molecular complexity index is 1620. The fourth-order valence-corrected chi connectivity index (χ4v) is 6.18. The van der Waals surface area contributed by atoms with Gasteiger partial charge in [0.2, 0.25) is 5.91 Å². The number of nitrogens with one attached hydrogen (secondary N) is 2. The van der Waals surface area contributed by atoms with E-state index in [-0.39, 0.29) is 11.7 Å². The molecule has 1 aromatic heterocycles. The third-order valence-electron chi connectivity index (χ3n) is 8.23. The van der Waals surface area contributed by atoms with E-state index >= 15 is 0 Å². The Kier molecular flexibility index (Phi) is 8.38. The minimum absolute atomic E-state index is 0.111. The summed E-state index contributed by atoms with van der Waals surface area (Å²) in [5, 5.41) is 10.8. The van der Waals surface area contributed by atoms with Crippen molar-refractivity contribution in [1.82, 2.24) is 20.0 Å². The molecule has 0 saturated carbocycles. The topological polar surface area (TPSA) is 88.5 Å². The van der Waals surface area contributed by atoms with Crippen LogP contribution < -0.4 is 10.6 Å². The number of benzene rings is 3. The highest BCUT2D eigenvalue weighted by atomic mass is 35.5. The van der Waals surface area contributed by atoms with E-state index in [2.05, 4.69) is 20.6 Å². The molecule has 4 aromatic rings. The van der Waals surface area contributed by atoms with Crippen LogP contribution in [0.1, 0.15) is 41.9 Å². The highest BCUT2D eigenvalue weighted by Gasteiger charge is 2.44. The summed E-state index contributed by atoms with van der Waals surface area (Å²) in [7, 11) is 0. The van der Waals surface area contributed by atoms with Gasteiger partial charge in [-0.25, -0.2) is 13.9 Å². The lowest BCUT2D eigenvalue weighted by molar-refractivity contribution is -0.123. The second kappa shape index (κ2) is 12.4. The van der Waals surface area contributed by atoms with Crippen molar-refractivity contribution in [2.24, 2.45) is 0 Å². The Morgan fingerprint density at radius 3 is 2.58 bits per heavy atom. The summed E-state index contributed by atoms with van der Waals surface area (Å²) in [4.78, 5) is 28.1. The van der Waals surface area contributed by atoms with Gasteiger partial charge in [0.25, 0.3) is 0 Å². The summed E-state index contributed by atoms with van der Waals surface area (Å²) in [5.74, 6) is -0.940. The smallest absolute Gasteiger partial charge is 0.412 e. The second-order valence-electron chi connectivity index (χ2n) is 10.9. The number of nitrogens with zero attached hydrogens (tertiary/aromatic N) is 3. The van der Waals surface area contributed by atoms with Crippen molar-refractivity contribution in [2.75, 3.05) is 25.0 Å². The number of hydrogen-bond donors (Lipinski definition) is 2. The second-order valence-corrected chi connectivity index (χ2v) is 11.7. The first kappa shape index (κ1) is 29.2. The lowest BCUT2D eigenvalue weighted by Crippen LogP contribution is -2.48. The largest absolute Gasteiger partial charge is 0.438 e. The molecule has 1 atom stereocenters. The van der Waals surface area contributed by atoms with Crippen LogP contribution in [0.5, 0.6) is 0 Å². The van der Waals surface area contributed by atoms with Gasteiger partial charge in [-0.2, -0.15) is 5.10 Å². The summed E-state index contributed by atoms with van der Waals surface area (Å²) in [6.07, 6.45) is 4.66. The fraction of sp³-hybridized carbons (Fsp3) is 0.281. The molecule has 8 nitrogen and oxygen atoms in total. The van der Waals surface area contributed by atoms with Crippen molar-refractivity contribution < 1.29 is 18.7 Å². The molecule has 0 aliphatic carbocycles. The maximum absolute atomic E-state index is 14.1. The van der Waals surface area contributed by atoms with Gasteiger partial charge in [0.15, 0.2) is 0 Å². The zero-order chi connectivity index (χ0) is 30.0. The quantitative estimate of drug-likeness (QED) is 0.230. The summed E-state index contributed by atoms with van der Waals surface area (Å²) in [5.41, 5.74) is 3.06. The average Bonchev–Trinajstić information content (AvgIpc) is 3.55. The summed E-state index contributed by atoms with van der Waals surface area (Å²) in [6, 6.07) is 19.4. The van der Waals surface area contributed by atoms with Crippen LogP contribution in [0, 0.1) is 5.82 Å². The zero-order valence-corrected chi connectivity index (χ0v) is 24.7. The van der Waals surface area contributed by atoms with Crippen LogP contribution in [0.15, 0.2) is 79.1 Å². The molecular weight excluding hydrogens is 592 g/mol. The van der Waals surface area contributed by atoms with Gasteiger partial charge >= 0.3 is 6.09 Å². The Hall–Kier alpha value is -3.92. The predicted octanol–water partition coefficient (Wildman–Crippen LogP) is 6.66. The van der Waals surface area contributed by atoms with Crippen LogP contribution in [-0.4, -0.2) is 46.3 Å². The van der Waals surface area contributed by atoms with Crippen molar-refractivity contribution in [3.05, 3.63) is 112 Å². The molecule has 1 fully saturated rings. The van der Waals surface area contributed by atoms with Gasteiger partial charge in [-0.1, -0.05) is 41.4 Å². The lowest BCUT2D eigenvalue weighted by atomic mass is 9.82. The van der Waals surface area contributed by atoms with Gasteiger partial charge < -0.3 is 15.0 Å². The molecule has 2 aliphatic rings. The highest BCUT2D eigenvalue weighted by molar-refractivity contribution is 6.42. The molecule has 6 rings (SSSR count). The molecule has 0 bridgehead atoms. The molecule has 2 amide bonds. The average molecular weight is 623 g/mol. The molecule has 1 spiro atoms. The van der Waals surface area contributed by atoms with Gasteiger partial charge in [-0.15, -0.1) is 0 Å². The number of piperidine rings is 1. The van der Waals surface area contributed by atoms with E-state index in [1.807, 2.05) is 42.6 Å². The third kappa shape index (κ3) is 6.39. The highest BCUT2D eigenvalue weighted by Crippen LogP contribution is 2.44. The van der Waals surface area contributed by atoms with Crippen LogP contribution in [0.2, 0.25) is 10.0 Å². The maximum Gasteiger partial charge on any atom is 0.412 e. The number of carbonyl (C=O) groups excluding carboxylic acids is 2. The monoisotopic (exact) mass is 621 g/mol. The molecular formula is C32H30Cl2FN5O3. The summed E-state index contributed by atoms with van der Waals surface area (Å²) >= 11 is 12.5. The van der Waals surface area contributed by atoms with E-state index in [0.717, 1.165) is 16.8 Å². The van der Waals surface area contributed by atoms with Crippen LogP contribution in [0.25, 0.3) is 5.69 Å². The van der Waals surface area contributed by atoms with Crippen molar-refractivity contribution in [2.45, 2.75) is 37.3 Å². The number of rotatable bonds is 8. The Labute approximate surface area is 258 Å². The molecule has 0 radical (unpaired) electrons. The van der Waals surface area contributed by atoms with E-state index in [1.54, 1.807) is 29.1 Å². The molecule has 2 N–H and O–H groups in total. The Morgan fingerprint density at radius 1 is 1.07 bits per heavy atom. The van der Waals surface area contributed by atoms with Gasteiger partial charge in [0.1, 0.15) is 11.4 Å². The Balaban J connectivity index is 1.12. The number of halogens is 3. The molecule has 3 aromatic carbocycles. The zero-order valence-electron chi connectivity index (χ0n) is 23.2. The minimum atomic E-state index is -0.871. The number of aromatic nitrogens is 2. The SMILES string of the molecule is O=C1Nc2ccc(F)cc2C2(CCN(CCC(C(=O)NCc3ccc(-n4cccn4)cc3)c3ccc(Cl)c(Cl)c3)CC2)O1. The van der Waals surface area contributed by atoms with Gasteiger partial charge in [0, 0.05) is 50.4 Å². The predicted molar refractivity (Wildman–Crippen MR) is 163 cm³/mol. The molecule has 3 heterocycles. The van der Waals surface area contributed by atoms with E-state index < -0.39 is 17.6 Å². The van der Waals surface area contributed by atoms with Crippen molar-refractivity contribution in [3.8, 4) is 5.69 Å². The van der Waals surface area contributed by atoms with Crippen LogP contribution in [-0.2, 0) is 21.7 Å². The third-order valence-corrected chi connectivity index (χ3v) is 8.97. The maximum atomic E-state index is 14.1. The van der Waals surface area contributed by atoms with Crippen molar-refractivity contribution >= 4 is 40.9 Å². The van der Waals surface area contributed by atoms with Crippen LogP contribution >= 0.6 is 23.2 Å². The van der Waals surface area contributed by atoms with E-state index in [4.69, 9.17) is 27.9 Å². The number of hydrogen-bond acceptors (Lipinski definition) is 5. The van der Waals surface area contributed by atoms with Gasteiger partial charge in [-0.05, 0) is 72.6 Å². The van der Waals surface area contributed by atoms with Crippen molar-refractivity contribution in [1.29, 1.82) is 0 Å². The van der Waals surface area contributed by atoms with Gasteiger partial charge in [0.05, 0.1) is 27.3 Å². The number of carbonyl (C=O) groups is 2. The lowest BCUT2D eigenvalue weighted by Gasteiger charge is -2.44. The van der Waals surface area contributed by atoms with E-state index in [9.17, 15) is 14.0 Å². The number of amides is 2. The minimum Gasteiger partial charge on any atom is -0.438 e. The Morgan fingerprint density at radius 2 is 1.86 bits per heavy atom.